The van der Waals surface area contributed by atoms with Crippen LogP contribution in [0.4, 0.5) is 5.69 Å². The first-order valence-electron chi connectivity index (χ1n) is 4.99. The number of nitrogens with zero attached hydrogens (tertiary/aromatic N) is 4. The van der Waals surface area contributed by atoms with Crippen molar-refractivity contribution in [3.63, 3.8) is 0 Å². The van der Waals surface area contributed by atoms with Crippen LogP contribution in [0.15, 0.2) is 35.3 Å². The Morgan fingerprint density at radius 3 is 3.06 bits per heavy atom. The fourth-order valence-electron chi connectivity index (χ4n) is 1.26. The molecule has 2 heterocycles. The standard InChI is InChI=1S/C10H10BrN5O/c11-8-7-12-3-1-9(8)14-10(17)2-5-16-6-4-13-15-16/h1,3-4,6-7H,2,5H2,(H,12,14,17). The Balaban J connectivity index is 1.87. The lowest BCUT2D eigenvalue weighted by Crippen LogP contribution is -2.15. The molecule has 1 amide bonds. The van der Waals surface area contributed by atoms with E-state index in [2.05, 4.69) is 36.5 Å². The summed E-state index contributed by atoms with van der Waals surface area (Å²) in [7, 11) is 0. The number of amides is 1. The minimum atomic E-state index is -0.0765. The number of anilines is 1. The number of rotatable bonds is 4. The molecule has 0 radical (unpaired) electrons. The van der Waals surface area contributed by atoms with Gasteiger partial charge in [0.15, 0.2) is 0 Å². The molecule has 88 valence electrons. The van der Waals surface area contributed by atoms with E-state index in [1.165, 1.54) is 0 Å². The first-order valence-corrected chi connectivity index (χ1v) is 5.78. The van der Waals surface area contributed by atoms with Gasteiger partial charge in [-0.1, -0.05) is 5.21 Å². The molecule has 0 fully saturated rings. The summed E-state index contributed by atoms with van der Waals surface area (Å²) in [6, 6.07) is 1.73. The first-order chi connectivity index (χ1) is 8.25. The van der Waals surface area contributed by atoms with Crippen LogP contribution in [-0.4, -0.2) is 25.9 Å². The van der Waals surface area contributed by atoms with Crippen molar-refractivity contribution in [1.82, 2.24) is 20.0 Å². The predicted molar refractivity (Wildman–Crippen MR) is 65.2 cm³/mol. The van der Waals surface area contributed by atoms with Crippen molar-refractivity contribution in [3.8, 4) is 0 Å². The van der Waals surface area contributed by atoms with Crippen molar-refractivity contribution >= 4 is 27.5 Å². The lowest BCUT2D eigenvalue weighted by atomic mass is 10.3. The summed E-state index contributed by atoms with van der Waals surface area (Å²) in [5.74, 6) is -0.0765. The molecule has 7 heteroatoms. The fourth-order valence-corrected chi connectivity index (χ4v) is 1.61. The third-order valence-corrected chi connectivity index (χ3v) is 2.72. The number of aryl methyl sites for hydroxylation is 1. The van der Waals surface area contributed by atoms with Crippen molar-refractivity contribution in [2.24, 2.45) is 0 Å². The average molecular weight is 296 g/mol. The molecule has 0 unspecified atom stereocenters. The molecule has 2 aromatic heterocycles. The Bertz CT molecular complexity index is 499. The summed E-state index contributed by atoms with van der Waals surface area (Å²) in [6.45, 7) is 0.508. The maximum atomic E-state index is 11.6. The molecule has 0 saturated carbocycles. The molecule has 0 spiro atoms. The van der Waals surface area contributed by atoms with Crippen LogP contribution in [-0.2, 0) is 11.3 Å². The fraction of sp³-hybridized carbons (Fsp3) is 0.200. The molecule has 0 atom stereocenters. The Kier molecular flexibility index (Phi) is 3.81. The zero-order valence-corrected chi connectivity index (χ0v) is 10.5. The average Bonchev–Trinajstić information content (AvgIpc) is 2.82. The van der Waals surface area contributed by atoms with E-state index in [1.54, 1.807) is 35.5 Å². The van der Waals surface area contributed by atoms with Gasteiger partial charge < -0.3 is 5.32 Å². The van der Waals surface area contributed by atoms with Crippen molar-refractivity contribution < 1.29 is 4.79 Å². The molecular weight excluding hydrogens is 286 g/mol. The predicted octanol–water partition coefficient (Wildman–Crippen LogP) is 1.46. The highest BCUT2D eigenvalue weighted by molar-refractivity contribution is 9.10. The molecule has 0 aliphatic rings. The number of hydrogen-bond donors (Lipinski definition) is 1. The van der Waals surface area contributed by atoms with E-state index in [9.17, 15) is 4.79 Å². The van der Waals surface area contributed by atoms with Crippen LogP contribution >= 0.6 is 15.9 Å². The highest BCUT2D eigenvalue weighted by Gasteiger charge is 2.05. The van der Waals surface area contributed by atoms with E-state index in [1.807, 2.05) is 0 Å². The van der Waals surface area contributed by atoms with Gasteiger partial charge in [0.05, 0.1) is 22.9 Å². The van der Waals surface area contributed by atoms with E-state index in [4.69, 9.17) is 0 Å². The van der Waals surface area contributed by atoms with Crippen LogP contribution in [0.25, 0.3) is 0 Å². The number of pyridine rings is 1. The number of carbonyl (C=O) groups is 1. The second kappa shape index (κ2) is 5.53. The molecule has 17 heavy (non-hydrogen) atoms. The van der Waals surface area contributed by atoms with Crippen molar-refractivity contribution in [2.45, 2.75) is 13.0 Å². The Hall–Kier alpha value is -1.76. The van der Waals surface area contributed by atoms with Gasteiger partial charge in [-0.3, -0.25) is 14.5 Å². The van der Waals surface area contributed by atoms with E-state index in [-0.39, 0.29) is 5.91 Å². The summed E-state index contributed by atoms with van der Waals surface area (Å²) in [4.78, 5) is 15.6. The second-order valence-electron chi connectivity index (χ2n) is 3.32. The van der Waals surface area contributed by atoms with Gasteiger partial charge in [-0.2, -0.15) is 0 Å². The highest BCUT2D eigenvalue weighted by Crippen LogP contribution is 2.19. The van der Waals surface area contributed by atoms with Crippen molar-refractivity contribution in [1.29, 1.82) is 0 Å². The van der Waals surface area contributed by atoms with Crippen molar-refractivity contribution in [3.05, 3.63) is 35.3 Å². The Morgan fingerprint density at radius 2 is 2.35 bits per heavy atom. The largest absolute Gasteiger partial charge is 0.325 e. The zero-order valence-electron chi connectivity index (χ0n) is 8.88. The van der Waals surface area contributed by atoms with Gasteiger partial charge in [0, 0.05) is 25.0 Å². The number of halogens is 1. The third kappa shape index (κ3) is 3.35. The van der Waals surface area contributed by atoms with Gasteiger partial charge in [0.2, 0.25) is 5.91 Å². The smallest absolute Gasteiger partial charge is 0.226 e. The normalized spacial score (nSPS) is 10.2. The Labute approximate surface area is 106 Å². The number of nitrogens with one attached hydrogen (secondary N) is 1. The topological polar surface area (TPSA) is 72.7 Å². The van der Waals surface area contributed by atoms with Gasteiger partial charge in [-0.15, -0.1) is 5.10 Å². The minimum Gasteiger partial charge on any atom is -0.325 e. The summed E-state index contributed by atoms with van der Waals surface area (Å²) in [5.41, 5.74) is 0.712. The maximum Gasteiger partial charge on any atom is 0.226 e. The molecule has 2 aromatic rings. The third-order valence-electron chi connectivity index (χ3n) is 2.09. The zero-order chi connectivity index (χ0) is 12.1. The van der Waals surface area contributed by atoms with Crippen molar-refractivity contribution in [2.75, 3.05) is 5.32 Å². The number of hydrogen-bond acceptors (Lipinski definition) is 4. The molecule has 2 rings (SSSR count). The van der Waals surface area contributed by atoms with E-state index in [0.717, 1.165) is 4.47 Å². The summed E-state index contributed by atoms with van der Waals surface area (Å²) >= 11 is 3.31. The van der Waals surface area contributed by atoms with E-state index >= 15 is 0 Å². The quantitative estimate of drug-likeness (QED) is 0.927. The maximum absolute atomic E-state index is 11.6. The molecule has 6 nitrogen and oxygen atoms in total. The lowest BCUT2D eigenvalue weighted by Gasteiger charge is -2.06. The SMILES string of the molecule is O=C(CCn1ccnn1)Nc1ccncc1Br. The molecule has 0 aliphatic carbocycles. The molecule has 0 bridgehead atoms. The number of carbonyl (C=O) groups excluding carboxylic acids is 1. The van der Waals surface area contributed by atoms with E-state index in [0.29, 0.717) is 18.7 Å². The lowest BCUT2D eigenvalue weighted by molar-refractivity contribution is -0.116. The van der Waals surface area contributed by atoms with Crippen LogP contribution in [0, 0.1) is 0 Å². The number of aromatic nitrogens is 4. The summed E-state index contributed by atoms with van der Waals surface area (Å²) in [5, 5.41) is 10.2. The second-order valence-corrected chi connectivity index (χ2v) is 4.17. The summed E-state index contributed by atoms with van der Waals surface area (Å²) in [6.07, 6.45) is 6.90. The van der Waals surface area contributed by atoms with Crippen LogP contribution in [0.2, 0.25) is 0 Å². The van der Waals surface area contributed by atoms with Gasteiger partial charge >= 0.3 is 0 Å². The highest BCUT2D eigenvalue weighted by atomic mass is 79.9. The monoisotopic (exact) mass is 295 g/mol. The van der Waals surface area contributed by atoms with Crippen LogP contribution < -0.4 is 5.32 Å². The molecule has 0 saturated heterocycles. The van der Waals surface area contributed by atoms with Gasteiger partial charge in [-0.05, 0) is 22.0 Å². The van der Waals surface area contributed by atoms with Crippen LogP contribution in [0.1, 0.15) is 6.42 Å². The molecule has 1 N–H and O–H groups in total. The minimum absolute atomic E-state index is 0.0765. The summed E-state index contributed by atoms with van der Waals surface area (Å²) < 4.78 is 2.37. The molecule has 0 aliphatic heterocycles. The molecule has 0 aromatic carbocycles. The Morgan fingerprint density at radius 1 is 1.47 bits per heavy atom. The molecular formula is C10H10BrN5O. The van der Waals surface area contributed by atoms with Gasteiger partial charge in [0.25, 0.3) is 0 Å². The first kappa shape index (κ1) is 11.7. The van der Waals surface area contributed by atoms with Gasteiger partial charge in [-0.25, -0.2) is 0 Å². The van der Waals surface area contributed by atoms with Crippen LogP contribution in [0.5, 0.6) is 0 Å². The van der Waals surface area contributed by atoms with E-state index < -0.39 is 0 Å². The van der Waals surface area contributed by atoms with Gasteiger partial charge in [0.1, 0.15) is 0 Å². The van der Waals surface area contributed by atoms with Crippen LogP contribution in [0.3, 0.4) is 0 Å².